The van der Waals surface area contributed by atoms with E-state index >= 15 is 0 Å². The second kappa shape index (κ2) is 6.75. The highest BCUT2D eigenvalue weighted by Crippen LogP contribution is 2.27. The quantitative estimate of drug-likeness (QED) is 0.736. The number of hydrogen-bond donors (Lipinski definition) is 1. The third-order valence-corrected chi connectivity index (χ3v) is 4.41. The molecule has 0 aliphatic rings. The van der Waals surface area contributed by atoms with Gasteiger partial charge in [-0.3, -0.25) is 4.79 Å². The van der Waals surface area contributed by atoms with Crippen LogP contribution in [0.4, 0.5) is 14.5 Å². The summed E-state index contributed by atoms with van der Waals surface area (Å²) in [5.41, 5.74) is 0.242. The molecule has 6 heteroatoms. The van der Waals surface area contributed by atoms with Crippen molar-refractivity contribution in [3.05, 3.63) is 76.7 Å². The van der Waals surface area contributed by atoms with E-state index in [2.05, 4.69) is 5.32 Å². The van der Waals surface area contributed by atoms with Gasteiger partial charge in [0, 0.05) is 29.0 Å². The summed E-state index contributed by atoms with van der Waals surface area (Å²) >= 11 is 1.57. The molecule has 0 radical (unpaired) electrons. The van der Waals surface area contributed by atoms with Crippen LogP contribution in [0, 0.1) is 11.6 Å². The fourth-order valence-corrected chi connectivity index (χ4v) is 3.18. The fourth-order valence-electron chi connectivity index (χ4n) is 2.35. The predicted molar refractivity (Wildman–Crippen MR) is 86.5 cm³/mol. The number of anilines is 1. The Balaban J connectivity index is 1.75. The number of carbonyl (C=O) groups excluding carboxylic acids is 1. The van der Waals surface area contributed by atoms with Gasteiger partial charge in [0.25, 0.3) is 0 Å². The molecule has 0 aliphatic carbocycles. The Labute approximate surface area is 136 Å². The van der Waals surface area contributed by atoms with Gasteiger partial charge in [0.1, 0.15) is 0 Å². The SMILES string of the molecule is O=C(C[C@H](c1cccs1)n1cccc1)Nc1ccc(F)c(F)c1. The maximum Gasteiger partial charge on any atom is 0.226 e. The van der Waals surface area contributed by atoms with Crippen LogP contribution in [0.2, 0.25) is 0 Å². The van der Waals surface area contributed by atoms with E-state index in [0.717, 1.165) is 17.0 Å². The highest BCUT2D eigenvalue weighted by Gasteiger charge is 2.18. The largest absolute Gasteiger partial charge is 0.346 e. The zero-order valence-electron chi connectivity index (χ0n) is 12.1. The molecular formula is C17H14F2N2OS. The van der Waals surface area contributed by atoms with Crippen molar-refractivity contribution in [2.75, 3.05) is 5.32 Å². The molecule has 0 fully saturated rings. The summed E-state index contributed by atoms with van der Waals surface area (Å²) in [4.78, 5) is 13.3. The van der Waals surface area contributed by atoms with Crippen molar-refractivity contribution in [2.45, 2.75) is 12.5 Å². The lowest BCUT2D eigenvalue weighted by Gasteiger charge is -2.17. The third kappa shape index (κ3) is 3.65. The molecule has 2 aromatic heterocycles. The van der Waals surface area contributed by atoms with Gasteiger partial charge in [-0.15, -0.1) is 11.3 Å². The van der Waals surface area contributed by atoms with Gasteiger partial charge in [-0.05, 0) is 35.7 Å². The van der Waals surface area contributed by atoms with Crippen molar-refractivity contribution < 1.29 is 13.6 Å². The van der Waals surface area contributed by atoms with Crippen molar-refractivity contribution in [3.8, 4) is 0 Å². The number of aromatic nitrogens is 1. The number of halogens is 2. The summed E-state index contributed by atoms with van der Waals surface area (Å²) in [5.74, 6) is -2.18. The fraction of sp³-hybridized carbons (Fsp3) is 0.118. The standard InChI is InChI=1S/C17H14F2N2OS/c18-13-6-5-12(10-14(13)19)20-17(22)11-15(16-4-3-9-23-16)21-7-1-2-8-21/h1-10,15H,11H2,(H,20,22)/t15-/m1/s1. The van der Waals surface area contributed by atoms with Crippen molar-refractivity contribution in [1.29, 1.82) is 0 Å². The number of hydrogen-bond acceptors (Lipinski definition) is 2. The number of nitrogens with one attached hydrogen (secondary N) is 1. The first-order valence-electron chi connectivity index (χ1n) is 7.04. The smallest absolute Gasteiger partial charge is 0.226 e. The van der Waals surface area contributed by atoms with Crippen LogP contribution in [0.3, 0.4) is 0 Å². The number of thiophene rings is 1. The van der Waals surface area contributed by atoms with Crippen LogP contribution < -0.4 is 5.32 Å². The minimum absolute atomic E-state index is 0.129. The molecule has 1 amide bonds. The van der Waals surface area contributed by atoms with E-state index in [1.165, 1.54) is 6.07 Å². The maximum absolute atomic E-state index is 13.2. The second-order valence-electron chi connectivity index (χ2n) is 5.04. The molecule has 3 rings (SSSR count). The van der Waals surface area contributed by atoms with Crippen molar-refractivity contribution in [2.24, 2.45) is 0 Å². The van der Waals surface area contributed by atoms with Gasteiger partial charge in [0.15, 0.2) is 11.6 Å². The second-order valence-corrected chi connectivity index (χ2v) is 6.02. The molecule has 0 spiro atoms. The lowest BCUT2D eigenvalue weighted by atomic mass is 10.1. The van der Waals surface area contributed by atoms with Crippen LogP contribution in [0.25, 0.3) is 0 Å². The van der Waals surface area contributed by atoms with Crippen LogP contribution in [-0.2, 0) is 4.79 Å². The first kappa shape index (κ1) is 15.4. The molecule has 3 nitrogen and oxygen atoms in total. The van der Waals surface area contributed by atoms with E-state index in [0.29, 0.717) is 0 Å². The number of benzene rings is 1. The average Bonchev–Trinajstić information content (AvgIpc) is 3.21. The van der Waals surface area contributed by atoms with Gasteiger partial charge in [-0.25, -0.2) is 8.78 Å². The molecular weight excluding hydrogens is 318 g/mol. The Morgan fingerprint density at radius 3 is 2.57 bits per heavy atom. The molecule has 1 N–H and O–H groups in total. The van der Waals surface area contributed by atoms with E-state index in [-0.39, 0.29) is 24.1 Å². The molecule has 0 saturated carbocycles. The first-order chi connectivity index (χ1) is 11.1. The lowest BCUT2D eigenvalue weighted by Crippen LogP contribution is -2.19. The third-order valence-electron chi connectivity index (χ3n) is 3.44. The van der Waals surface area contributed by atoms with Crippen LogP contribution >= 0.6 is 11.3 Å². The molecule has 0 bridgehead atoms. The van der Waals surface area contributed by atoms with Gasteiger partial charge < -0.3 is 9.88 Å². The van der Waals surface area contributed by atoms with Gasteiger partial charge >= 0.3 is 0 Å². The van der Waals surface area contributed by atoms with Crippen LogP contribution in [-0.4, -0.2) is 10.5 Å². The Morgan fingerprint density at radius 1 is 1.13 bits per heavy atom. The molecule has 0 aliphatic heterocycles. The molecule has 2 heterocycles. The van der Waals surface area contributed by atoms with Gasteiger partial charge in [-0.1, -0.05) is 6.07 Å². The van der Waals surface area contributed by atoms with E-state index in [1.807, 2.05) is 46.6 Å². The van der Waals surface area contributed by atoms with E-state index in [1.54, 1.807) is 11.3 Å². The van der Waals surface area contributed by atoms with Crippen LogP contribution in [0.15, 0.2) is 60.2 Å². The first-order valence-corrected chi connectivity index (χ1v) is 7.92. The van der Waals surface area contributed by atoms with E-state index < -0.39 is 11.6 Å². The lowest BCUT2D eigenvalue weighted by molar-refractivity contribution is -0.116. The molecule has 118 valence electrons. The van der Waals surface area contributed by atoms with Crippen molar-refractivity contribution in [1.82, 2.24) is 4.57 Å². The summed E-state index contributed by atoms with van der Waals surface area (Å²) in [5, 5.41) is 4.57. The molecule has 23 heavy (non-hydrogen) atoms. The molecule has 3 aromatic rings. The highest BCUT2D eigenvalue weighted by atomic mass is 32.1. The van der Waals surface area contributed by atoms with Crippen molar-refractivity contribution >= 4 is 22.9 Å². The Kier molecular flexibility index (Phi) is 4.52. The maximum atomic E-state index is 13.2. The zero-order valence-corrected chi connectivity index (χ0v) is 12.9. The number of amides is 1. The molecule has 1 atom stereocenters. The Hall–Kier alpha value is -2.47. The van der Waals surface area contributed by atoms with Gasteiger partial charge in [0.2, 0.25) is 5.91 Å². The van der Waals surface area contributed by atoms with E-state index in [9.17, 15) is 13.6 Å². The molecule has 0 unspecified atom stereocenters. The predicted octanol–water partition coefficient (Wildman–Crippen LogP) is 4.45. The molecule has 0 saturated heterocycles. The monoisotopic (exact) mass is 332 g/mol. The highest BCUT2D eigenvalue weighted by molar-refractivity contribution is 7.10. The minimum Gasteiger partial charge on any atom is -0.346 e. The normalized spacial score (nSPS) is 12.1. The number of carbonyl (C=O) groups is 1. The summed E-state index contributed by atoms with van der Waals surface area (Å²) in [6.07, 6.45) is 4.00. The van der Waals surface area contributed by atoms with Gasteiger partial charge in [-0.2, -0.15) is 0 Å². The summed E-state index contributed by atoms with van der Waals surface area (Å²) in [7, 11) is 0. The summed E-state index contributed by atoms with van der Waals surface area (Å²) in [6, 6.07) is 10.9. The van der Waals surface area contributed by atoms with Crippen LogP contribution in [0.5, 0.6) is 0 Å². The number of rotatable bonds is 5. The average molecular weight is 332 g/mol. The number of nitrogens with zero attached hydrogens (tertiary/aromatic N) is 1. The summed E-state index contributed by atoms with van der Waals surface area (Å²) < 4.78 is 28.1. The van der Waals surface area contributed by atoms with Crippen molar-refractivity contribution in [3.63, 3.8) is 0 Å². The minimum atomic E-state index is -0.983. The van der Waals surface area contributed by atoms with Crippen LogP contribution in [0.1, 0.15) is 17.3 Å². The van der Waals surface area contributed by atoms with E-state index in [4.69, 9.17) is 0 Å². The summed E-state index contributed by atoms with van der Waals surface area (Å²) in [6.45, 7) is 0. The van der Waals surface area contributed by atoms with Gasteiger partial charge in [0.05, 0.1) is 12.5 Å². The molecule has 1 aromatic carbocycles. The topological polar surface area (TPSA) is 34.0 Å². The Morgan fingerprint density at radius 2 is 1.91 bits per heavy atom. The zero-order chi connectivity index (χ0) is 16.2. The Bertz CT molecular complexity index is 751.